The summed E-state index contributed by atoms with van der Waals surface area (Å²) in [7, 11) is 0. The van der Waals surface area contributed by atoms with E-state index in [0.29, 0.717) is 19.6 Å². The molecule has 1 heterocycles. The molecule has 0 bridgehead atoms. The van der Waals surface area contributed by atoms with Gasteiger partial charge in [0.1, 0.15) is 0 Å². The third-order valence-electron chi connectivity index (χ3n) is 6.85. The van der Waals surface area contributed by atoms with Crippen LogP contribution in [0.15, 0.2) is 61.3 Å². The number of anilines is 2. The van der Waals surface area contributed by atoms with Crippen LogP contribution < -0.4 is 20.9 Å². The van der Waals surface area contributed by atoms with Crippen LogP contribution in [0.3, 0.4) is 0 Å². The molecular formula is C31H36N4O. The number of hydrogen-bond donors (Lipinski definition) is 2. The number of carbonyl (C=O) groups excluding carboxylic acids is 1. The van der Waals surface area contributed by atoms with Gasteiger partial charge in [0.15, 0.2) is 0 Å². The number of carbonyl (C=O) groups is 1. The van der Waals surface area contributed by atoms with Crippen molar-refractivity contribution >= 4 is 29.2 Å². The molecule has 4 rings (SSSR count). The van der Waals surface area contributed by atoms with Crippen LogP contribution in [-0.2, 0) is 6.54 Å². The smallest absolute Gasteiger partial charge is 0.329 e. The average Bonchev–Trinajstić information content (AvgIpc) is 3.19. The minimum Gasteiger partial charge on any atom is -0.403 e. The van der Waals surface area contributed by atoms with E-state index >= 15 is 0 Å². The van der Waals surface area contributed by atoms with Gasteiger partial charge in [0, 0.05) is 25.8 Å². The van der Waals surface area contributed by atoms with E-state index < -0.39 is 0 Å². The Morgan fingerprint density at radius 1 is 0.889 bits per heavy atom. The molecule has 0 radical (unpaired) electrons. The first kappa shape index (κ1) is 25.1. The number of nitrogens with zero attached hydrogens (tertiary/aromatic N) is 2. The minimum absolute atomic E-state index is 0.0275. The third-order valence-corrected chi connectivity index (χ3v) is 6.85. The second kappa shape index (κ2) is 10.3. The number of nitrogens with two attached hydrogens (primary N) is 1. The average molecular weight is 481 g/mol. The van der Waals surface area contributed by atoms with Crippen molar-refractivity contribution in [3.63, 3.8) is 0 Å². The Morgan fingerprint density at radius 2 is 1.39 bits per heavy atom. The highest BCUT2D eigenvalue weighted by Crippen LogP contribution is 2.35. The molecular weight excluding hydrogens is 444 g/mol. The summed E-state index contributed by atoms with van der Waals surface area (Å²) in [5.74, 6) is 0. The molecule has 3 N–H and O–H groups in total. The van der Waals surface area contributed by atoms with Gasteiger partial charge >= 0.3 is 6.03 Å². The Balaban J connectivity index is 1.55. The summed E-state index contributed by atoms with van der Waals surface area (Å²) in [5, 5.41) is 3.46. The maximum Gasteiger partial charge on any atom is 0.329 e. The van der Waals surface area contributed by atoms with Gasteiger partial charge in [0.2, 0.25) is 0 Å². The fraction of sp³-hybridized carbons (Fsp3) is 0.258. The number of hydrogen-bond acceptors (Lipinski definition) is 3. The predicted octanol–water partition coefficient (Wildman–Crippen LogP) is 6.37. The van der Waals surface area contributed by atoms with Gasteiger partial charge in [-0.15, -0.1) is 0 Å². The molecule has 1 aliphatic rings. The van der Waals surface area contributed by atoms with Crippen molar-refractivity contribution in [3.05, 3.63) is 106 Å². The zero-order valence-corrected chi connectivity index (χ0v) is 22.0. The van der Waals surface area contributed by atoms with Crippen molar-refractivity contribution in [1.82, 2.24) is 5.32 Å². The summed E-state index contributed by atoms with van der Waals surface area (Å²) >= 11 is 0. The highest BCUT2D eigenvalue weighted by Gasteiger charge is 2.34. The quantitative estimate of drug-likeness (QED) is 0.413. The number of rotatable bonds is 7. The van der Waals surface area contributed by atoms with Crippen molar-refractivity contribution in [2.24, 2.45) is 5.73 Å². The number of nitrogens with one attached hydrogen (secondary N) is 1. The molecule has 5 heteroatoms. The molecule has 1 aliphatic heterocycles. The van der Waals surface area contributed by atoms with Crippen LogP contribution in [0.1, 0.15) is 44.5 Å². The molecule has 0 aromatic heterocycles. The van der Waals surface area contributed by atoms with Gasteiger partial charge < -0.3 is 11.1 Å². The van der Waals surface area contributed by atoms with Crippen molar-refractivity contribution in [2.45, 2.75) is 41.2 Å². The van der Waals surface area contributed by atoms with Crippen LogP contribution in [0.25, 0.3) is 11.8 Å². The molecule has 3 aromatic carbocycles. The highest BCUT2D eigenvalue weighted by atomic mass is 16.2. The topological polar surface area (TPSA) is 61.6 Å². The summed E-state index contributed by atoms with van der Waals surface area (Å²) in [6.45, 7) is 16.2. The van der Waals surface area contributed by atoms with Crippen LogP contribution in [0.4, 0.5) is 16.2 Å². The molecule has 186 valence electrons. The van der Waals surface area contributed by atoms with Gasteiger partial charge in [-0.25, -0.2) is 4.79 Å². The number of amides is 2. The Morgan fingerprint density at radius 3 is 1.86 bits per heavy atom. The first-order chi connectivity index (χ1) is 17.2. The SMILES string of the molecule is C=Cc1ccc(CN/C(=C\N)c2cc(C)c(N3CCN(c4c(C)cc(C)cc4C)C3=O)c(C)c2)cc1. The fourth-order valence-corrected chi connectivity index (χ4v) is 5.31. The molecule has 1 fully saturated rings. The van der Waals surface area contributed by atoms with E-state index in [0.717, 1.165) is 56.0 Å². The molecule has 0 atom stereocenters. The molecule has 0 saturated carbocycles. The van der Waals surface area contributed by atoms with Gasteiger partial charge in [-0.1, -0.05) is 54.6 Å². The lowest BCUT2D eigenvalue weighted by atomic mass is 10.0. The Kier molecular flexibility index (Phi) is 7.20. The zero-order chi connectivity index (χ0) is 26.0. The Bertz CT molecular complexity index is 1290. The monoisotopic (exact) mass is 480 g/mol. The Labute approximate surface area is 214 Å². The molecule has 0 aliphatic carbocycles. The van der Waals surface area contributed by atoms with Crippen molar-refractivity contribution in [2.75, 3.05) is 22.9 Å². The van der Waals surface area contributed by atoms with E-state index in [2.05, 4.69) is 95.0 Å². The van der Waals surface area contributed by atoms with Crippen LogP contribution in [0, 0.1) is 34.6 Å². The van der Waals surface area contributed by atoms with E-state index in [1.54, 1.807) is 6.20 Å². The molecule has 3 aromatic rings. The molecule has 0 unspecified atom stereocenters. The lowest BCUT2D eigenvalue weighted by Gasteiger charge is -2.25. The Hall–Kier alpha value is -3.99. The van der Waals surface area contributed by atoms with Crippen molar-refractivity contribution < 1.29 is 4.79 Å². The van der Waals surface area contributed by atoms with Crippen LogP contribution in [-0.4, -0.2) is 19.1 Å². The van der Waals surface area contributed by atoms with Gasteiger partial charge in [-0.05, 0) is 85.7 Å². The van der Waals surface area contributed by atoms with Gasteiger partial charge in [0.25, 0.3) is 0 Å². The van der Waals surface area contributed by atoms with Crippen LogP contribution in [0.2, 0.25) is 0 Å². The van der Waals surface area contributed by atoms with Crippen LogP contribution in [0.5, 0.6) is 0 Å². The minimum atomic E-state index is 0.0275. The number of benzene rings is 3. The first-order valence-corrected chi connectivity index (χ1v) is 12.4. The maximum absolute atomic E-state index is 13.6. The van der Waals surface area contributed by atoms with Gasteiger partial charge in [0.05, 0.1) is 17.1 Å². The predicted molar refractivity (Wildman–Crippen MR) is 152 cm³/mol. The van der Waals surface area contributed by atoms with Gasteiger partial charge in [-0.2, -0.15) is 0 Å². The fourth-order valence-electron chi connectivity index (χ4n) is 5.31. The molecule has 2 amide bonds. The summed E-state index contributed by atoms with van der Waals surface area (Å²) in [5.41, 5.74) is 17.7. The van der Waals surface area contributed by atoms with Crippen LogP contribution >= 0.6 is 0 Å². The lowest BCUT2D eigenvalue weighted by Crippen LogP contribution is -2.33. The second-order valence-electron chi connectivity index (χ2n) is 9.67. The number of urea groups is 1. The lowest BCUT2D eigenvalue weighted by molar-refractivity contribution is 0.255. The van der Waals surface area contributed by atoms with E-state index in [1.807, 2.05) is 15.9 Å². The first-order valence-electron chi connectivity index (χ1n) is 12.4. The van der Waals surface area contributed by atoms with Crippen molar-refractivity contribution in [3.8, 4) is 0 Å². The largest absolute Gasteiger partial charge is 0.403 e. The molecule has 5 nitrogen and oxygen atoms in total. The van der Waals surface area contributed by atoms with E-state index in [-0.39, 0.29) is 6.03 Å². The molecule has 1 saturated heterocycles. The summed E-state index contributed by atoms with van der Waals surface area (Å²) < 4.78 is 0. The molecule has 36 heavy (non-hydrogen) atoms. The maximum atomic E-state index is 13.6. The standard InChI is InChI=1S/C31H36N4O/c1-7-25-8-10-26(11-9-25)19-33-28(18-32)27-16-23(5)30(24(6)17-27)35-13-12-34(31(35)36)29-21(3)14-20(2)15-22(29)4/h7-11,14-18,33H,1,12-13,19,32H2,2-6H3/b28-18-. The summed E-state index contributed by atoms with van der Waals surface area (Å²) in [4.78, 5) is 17.4. The second-order valence-corrected chi connectivity index (χ2v) is 9.67. The molecule has 0 spiro atoms. The summed E-state index contributed by atoms with van der Waals surface area (Å²) in [6, 6.07) is 16.8. The van der Waals surface area contributed by atoms with E-state index in [4.69, 9.17) is 5.73 Å². The summed E-state index contributed by atoms with van der Waals surface area (Å²) in [6.07, 6.45) is 3.45. The third kappa shape index (κ3) is 4.87. The number of aryl methyl sites for hydroxylation is 5. The highest BCUT2D eigenvalue weighted by molar-refractivity contribution is 6.07. The van der Waals surface area contributed by atoms with E-state index in [9.17, 15) is 4.79 Å². The normalized spacial score (nSPS) is 13.9. The van der Waals surface area contributed by atoms with Crippen molar-refractivity contribution in [1.29, 1.82) is 0 Å². The van der Waals surface area contributed by atoms with E-state index in [1.165, 1.54) is 5.56 Å². The van der Waals surface area contributed by atoms with Gasteiger partial charge in [-0.3, -0.25) is 9.80 Å². The zero-order valence-electron chi connectivity index (χ0n) is 22.0.